The second-order valence-corrected chi connectivity index (χ2v) is 5.47. The fourth-order valence-electron chi connectivity index (χ4n) is 2.59. The maximum atomic E-state index is 12.4. The highest BCUT2D eigenvalue weighted by molar-refractivity contribution is 6.08. The van der Waals surface area contributed by atoms with Gasteiger partial charge in [0.25, 0.3) is 5.91 Å². The van der Waals surface area contributed by atoms with Crippen LogP contribution in [0.15, 0.2) is 18.2 Å². The monoisotopic (exact) mass is 300 g/mol. The Hall–Kier alpha value is -2.70. The Balaban J connectivity index is 1.87. The number of carbonyl (C=O) groups excluding carboxylic acids is 3. The Morgan fingerprint density at radius 3 is 2.91 bits per heavy atom. The molecule has 7 nitrogen and oxygen atoms in total. The molecule has 0 spiro atoms. The van der Waals surface area contributed by atoms with Crippen LogP contribution in [-0.2, 0) is 16.6 Å². The molecule has 1 aromatic heterocycles. The van der Waals surface area contributed by atoms with Crippen LogP contribution in [0.1, 0.15) is 28.9 Å². The first-order valence-corrected chi connectivity index (χ1v) is 7.03. The van der Waals surface area contributed by atoms with Crippen LogP contribution in [0.25, 0.3) is 10.9 Å². The molecule has 1 atom stereocenters. The van der Waals surface area contributed by atoms with Gasteiger partial charge in [0.15, 0.2) is 5.69 Å². The maximum absolute atomic E-state index is 12.4. The number of nitrogens with one attached hydrogen (secondary N) is 2. The number of amides is 3. The van der Waals surface area contributed by atoms with Crippen molar-refractivity contribution in [1.29, 1.82) is 0 Å². The zero-order chi connectivity index (χ0) is 15.9. The van der Waals surface area contributed by atoms with Gasteiger partial charge in [-0.2, -0.15) is 5.10 Å². The molecule has 22 heavy (non-hydrogen) atoms. The van der Waals surface area contributed by atoms with Crippen LogP contribution in [0.4, 0.5) is 0 Å². The largest absolute Gasteiger partial charge is 0.339 e. The Bertz CT molecular complexity index is 793. The van der Waals surface area contributed by atoms with Crippen LogP contribution in [0.2, 0.25) is 0 Å². The van der Waals surface area contributed by atoms with E-state index in [-0.39, 0.29) is 18.0 Å². The number of fused-ring (bicyclic) bond motifs is 1. The van der Waals surface area contributed by atoms with Crippen LogP contribution in [0, 0.1) is 6.92 Å². The zero-order valence-corrected chi connectivity index (χ0v) is 12.3. The first-order chi connectivity index (χ1) is 10.5. The van der Waals surface area contributed by atoms with E-state index in [9.17, 15) is 14.4 Å². The lowest BCUT2D eigenvalue weighted by Gasteiger charge is -2.21. The first-order valence-electron chi connectivity index (χ1n) is 7.03. The highest BCUT2D eigenvalue weighted by atomic mass is 16.2. The van der Waals surface area contributed by atoms with Gasteiger partial charge in [0.1, 0.15) is 6.04 Å². The molecule has 1 fully saturated rings. The molecule has 0 saturated carbocycles. The molecule has 7 heteroatoms. The summed E-state index contributed by atoms with van der Waals surface area (Å²) in [6.45, 7) is 1.97. The highest BCUT2D eigenvalue weighted by Crippen LogP contribution is 2.19. The maximum Gasteiger partial charge on any atom is 0.273 e. The molecule has 2 N–H and O–H groups in total. The lowest BCUT2D eigenvalue weighted by molar-refractivity contribution is -0.134. The summed E-state index contributed by atoms with van der Waals surface area (Å²) in [5, 5.41) is 9.84. The third kappa shape index (κ3) is 2.45. The van der Waals surface area contributed by atoms with Gasteiger partial charge in [-0.3, -0.25) is 24.4 Å². The van der Waals surface area contributed by atoms with E-state index in [0.29, 0.717) is 6.42 Å². The third-order valence-corrected chi connectivity index (χ3v) is 3.77. The van der Waals surface area contributed by atoms with E-state index in [2.05, 4.69) is 15.7 Å². The molecule has 0 bridgehead atoms. The van der Waals surface area contributed by atoms with Crippen molar-refractivity contribution in [3.05, 3.63) is 29.5 Å². The van der Waals surface area contributed by atoms with Crippen LogP contribution < -0.4 is 10.6 Å². The van der Waals surface area contributed by atoms with Crippen molar-refractivity contribution < 1.29 is 14.4 Å². The van der Waals surface area contributed by atoms with Crippen molar-refractivity contribution in [3.8, 4) is 0 Å². The van der Waals surface area contributed by atoms with E-state index in [0.717, 1.165) is 16.5 Å². The van der Waals surface area contributed by atoms with Crippen LogP contribution in [0.5, 0.6) is 0 Å². The Morgan fingerprint density at radius 1 is 1.41 bits per heavy atom. The second-order valence-electron chi connectivity index (χ2n) is 5.47. The van der Waals surface area contributed by atoms with Crippen molar-refractivity contribution >= 4 is 28.6 Å². The Labute approximate surface area is 126 Å². The number of benzene rings is 1. The van der Waals surface area contributed by atoms with Crippen molar-refractivity contribution in [2.24, 2.45) is 7.05 Å². The lowest BCUT2D eigenvalue weighted by atomic mass is 10.1. The number of imide groups is 1. The van der Waals surface area contributed by atoms with E-state index < -0.39 is 17.9 Å². The third-order valence-electron chi connectivity index (χ3n) is 3.77. The fraction of sp³-hybridized carbons (Fsp3) is 0.333. The van der Waals surface area contributed by atoms with Crippen LogP contribution in [0.3, 0.4) is 0 Å². The summed E-state index contributed by atoms with van der Waals surface area (Å²) in [6, 6.07) is 5.00. The summed E-state index contributed by atoms with van der Waals surface area (Å²) in [5.41, 5.74) is 2.21. The molecule has 2 aromatic rings. The molecule has 1 saturated heterocycles. The van der Waals surface area contributed by atoms with Crippen molar-refractivity contribution in [2.45, 2.75) is 25.8 Å². The van der Waals surface area contributed by atoms with Gasteiger partial charge in [0, 0.05) is 18.9 Å². The smallest absolute Gasteiger partial charge is 0.273 e. The van der Waals surface area contributed by atoms with Gasteiger partial charge in [-0.1, -0.05) is 12.1 Å². The number of rotatable bonds is 2. The van der Waals surface area contributed by atoms with Crippen LogP contribution in [-0.4, -0.2) is 33.5 Å². The minimum absolute atomic E-state index is 0.221. The summed E-state index contributed by atoms with van der Waals surface area (Å²) in [5.74, 6) is -1.20. The minimum Gasteiger partial charge on any atom is -0.339 e. The number of piperidine rings is 1. The van der Waals surface area contributed by atoms with Gasteiger partial charge in [0.2, 0.25) is 11.8 Å². The molecule has 1 aliphatic heterocycles. The molecule has 2 heterocycles. The van der Waals surface area contributed by atoms with E-state index in [1.165, 1.54) is 0 Å². The number of hydrogen-bond acceptors (Lipinski definition) is 4. The van der Waals surface area contributed by atoms with Gasteiger partial charge in [-0.05, 0) is 25.0 Å². The summed E-state index contributed by atoms with van der Waals surface area (Å²) in [7, 11) is 1.77. The molecule has 3 amide bonds. The van der Waals surface area contributed by atoms with E-state index in [1.54, 1.807) is 11.7 Å². The SMILES string of the molecule is Cc1ccc2c(C(=O)NC3CCC(=O)NC3=O)nn(C)c2c1. The second kappa shape index (κ2) is 5.25. The number of aryl methyl sites for hydroxylation is 2. The van der Waals surface area contributed by atoms with Gasteiger partial charge in [-0.15, -0.1) is 0 Å². The van der Waals surface area contributed by atoms with Gasteiger partial charge < -0.3 is 5.32 Å². The van der Waals surface area contributed by atoms with Crippen molar-refractivity contribution in [1.82, 2.24) is 20.4 Å². The van der Waals surface area contributed by atoms with E-state index in [1.807, 2.05) is 25.1 Å². The number of nitrogens with zero attached hydrogens (tertiary/aromatic N) is 2. The Kier molecular flexibility index (Phi) is 3.40. The predicted molar refractivity (Wildman–Crippen MR) is 79.1 cm³/mol. The molecule has 0 radical (unpaired) electrons. The number of hydrogen-bond donors (Lipinski definition) is 2. The van der Waals surface area contributed by atoms with Gasteiger partial charge >= 0.3 is 0 Å². The summed E-state index contributed by atoms with van der Waals surface area (Å²) >= 11 is 0. The molecule has 0 aliphatic carbocycles. The summed E-state index contributed by atoms with van der Waals surface area (Å²) < 4.78 is 1.64. The standard InChI is InChI=1S/C15H16N4O3/c1-8-3-4-9-11(7-8)19(2)18-13(9)15(22)16-10-5-6-12(20)17-14(10)21/h3-4,7,10H,5-6H2,1-2H3,(H,16,22)(H,17,20,21). The van der Waals surface area contributed by atoms with Crippen LogP contribution >= 0.6 is 0 Å². The molecule has 1 unspecified atom stereocenters. The van der Waals surface area contributed by atoms with Crippen molar-refractivity contribution in [3.63, 3.8) is 0 Å². The lowest BCUT2D eigenvalue weighted by Crippen LogP contribution is -2.52. The quantitative estimate of drug-likeness (QED) is 0.786. The normalized spacial score (nSPS) is 18.4. The Morgan fingerprint density at radius 2 is 2.18 bits per heavy atom. The van der Waals surface area contributed by atoms with Gasteiger partial charge in [-0.25, -0.2) is 0 Å². The first kappa shape index (κ1) is 14.2. The average molecular weight is 300 g/mol. The molecular formula is C15H16N4O3. The average Bonchev–Trinajstić information content (AvgIpc) is 2.79. The zero-order valence-electron chi connectivity index (χ0n) is 12.3. The minimum atomic E-state index is -0.701. The number of aromatic nitrogens is 2. The summed E-state index contributed by atoms with van der Waals surface area (Å²) in [4.78, 5) is 35.2. The van der Waals surface area contributed by atoms with Gasteiger partial charge in [0.05, 0.1) is 5.52 Å². The summed E-state index contributed by atoms with van der Waals surface area (Å²) in [6.07, 6.45) is 0.527. The fourth-order valence-corrected chi connectivity index (χ4v) is 2.59. The molecule has 3 rings (SSSR count). The van der Waals surface area contributed by atoms with E-state index in [4.69, 9.17) is 0 Å². The predicted octanol–water partition coefficient (Wildman–Crippen LogP) is 0.417. The molecule has 1 aliphatic rings. The highest BCUT2D eigenvalue weighted by Gasteiger charge is 2.29. The molecule has 114 valence electrons. The number of carbonyl (C=O) groups is 3. The van der Waals surface area contributed by atoms with Crippen molar-refractivity contribution in [2.75, 3.05) is 0 Å². The topological polar surface area (TPSA) is 93.1 Å². The van der Waals surface area contributed by atoms with E-state index >= 15 is 0 Å². The molecular weight excluding hydrogens is 284 g/mol. The molecule has 1 aromatic carbocycles.